The Morgan fingerprint density at radius 1 is 1.23 bits per heavy atom. The van der Waals surface area contributed by atoms with Crippen molar-refractivity contribution in [1.29, 1.82) is 0 Å². The normalized spacial score (nSPS) is 17.0. The Morgan fingerprint density at radius 2 is 2.00 bits per heavy atom. The fourth-order valence-corrected chi connectivity index (χ4v) is 3.05. The highest BCUT2D eigenvalue weighted by molar-refractivity contribution is 5.58. The van der Waals surface area contributed by atoms with Gasteiger partial charge in [0.1, 0.15) is 5.69 Å². The number of nitrogens with zero attached hydrogens (tertiary/aromatic N) is 2. The van der Waals surface area contributed by atoms with Gasteiger partial charge < -0.3 is 9.84 Å². The Kier molecular flexibility index (Phi) is 5.24. The lowest BCUT2D eigenvalue weighted by Crippen LogP contribution is -2.36. The summed E-state index contributed by atoms with van der Waals surface area (Å²) in [6.07, 6.45) is 2.54. The lowest BCUT2D eigenvalue weighted by atomic mass is 9.97. The van der Waals surface area contributed by atoms with E-state index in [1.165, 1.54) is 12.8 Å². The van der Waals surface area contributed by atoms with Gasteiger partial charge in [-0.25, -0.2) is 0 Å². The van der Waals surface area contributed by atoms with Gasteiger partial charge in [0.05, 0.1) is 6.54 Å². The van der Waals surface area contributed by atoms with Crippen LogP contribution in [-0.4, -0.2) is 36.2 Å². The van der Waals surface area contributed by atoms with Crippen LogP contribution in [0.1, 0.15) is 25.5 Å². The van der Waals surface area contributed by atoms with Crippen molar-refractivity contribution >= 4 is 0 Å². The molecule has 2 aromatic rings. The Morgan fingerprint density at radius 3 is 2.73 bits per heavy atom. The number of piperidine rings is 1. The molecule has 4 nitrogen and oxygen atoms in total. The van der Waals surface area contributed by atoms with E-state index in [-0.39, 0.29) is 0 Å². The molecule has 1 saturated heterocycles. The Bertz CT molecular complexity index is 559. The molecular weight excluding hydrogens is 274 g/mol. The van der Waals surface area contributed by atoms with E-state index >= 15 is 0 Å². The molecule has 0 bridgehead atoms. The van der Waals surface area contributed by atoms with Crippen LogP contribution in [0.3, 0.4) is 0 Å². The summed E-state index contributed by atoms with van der Waals surface area (Å²) >= 11 is 0. The maximum absolute atomic E-state index is 5.51. The predicted octanol–water partition coefficient (Wildman–Crippen LogP) is 3.16. The van der Waals surface area contributed by atoms with E-state index in [0.29, 0.717) is 0 Å². The van der Waals surface area contributed by atoms with Crippen molar-refractivity contribution in [2.24, 2.45) is 5.92 Å². The number of nitrogens with one attached hydrogen (secondary N) is 1. The summed E-state index contributed by atoms with van der Waals surface area (Å²) in [7, 11) is 0. The summed E-state index contributed by atoms with van der Waals surface area (Å²) in [6, 6.07) is 12.3. The van der Waals surface area contributed by atoms with Crippen LogP contribution in [0, 0.1) is 5.92 Å². The van der Waals surface area contributed by atoms with Crippen molar-refractivity contribution in [3.63, 3.8) is 0 Å². The van der Waals surface area contributed by atoms with E-state index in [9.17, 15) is 0 Å². The monoisotopic (exact) mass is 299 g/mol. The van der Waals surface area contributed by atoms with E-state index in [1.807, 2.05) is 18.2 Å². The largest absolute Gasteiger partial charge is 0.359 e. The van der Waals surface area contributed by atoms with Crippen molar-refractivity contribution in [1.82, 2.24) is 15.4 Å². The van der Waals surface area contributed by atoms with Gasteiger partial charge in [-0.15, -0.1) is 0 Å². The first-order valence-corrected chi connectivity index (χ1v) is 8.29. The molecule has 4 heteroatoms. The number of benzene rings is 1. The van der Waals surface area contributed by atoms with E-state index in [0.717, 1.165) is 55.7 Å². The third kappa shape index (κ3) is 3.96. The minimum Gasteiger partial charge on any atom is -0.359 e. The molecule has 1 aliphatic rings. The summed E-state index contributed by atoms with van der Waals surface area (Å²) in [5.74, 6) is 1.79. The summed E-state index contributed by atoms with van der Waals surface area (Å²) in [6.45, 7) is 7.57. The molecule has 0 aliphatic carbocycles. The Hall–Kier alpha value is -1.65. The highest BCUT2D eigenvalue weighted by Crippen LogP contribution is 2.22. The molecule has 1 aliphatic heterocycles. The van der Waals surface area contributed by atoms with Gasteiger partial charge in [0, 0.05) is 11.6 Å². The minimum absolute atomic E-state index is 0.825. The van der Waals surface area contributed by atoms with Crippen LogP contribution in [0.15, 0.2) is 40.9 Å². The lowest BCUT2D eigenvalue weighted by molar-refractivity contribution is 0.160. The molecule has 1 fully saturated rings. The molecule has 1 aromatic heterocycles. The second-order valence-electron chi connectivity index (χ2n) is 6.07. The van der Waals surface area contributed by atoms with E-state index in [1.54, 1.807) is 0 Å². The van der Waals surface area contributed by atoms with E-state index in [4.69, 9.17) is 4.52 Å². The first-order chi connectivity index (χ1) is 10.8. The fourth-order valence-electron chi connectivity index (χ4n) is 3.05. The van der Waals surface area contributed by atoms with Crippen molar-refractivity contribution in [2.75, 3.05) is 26.2 Å². The maximum atomic E-state index is 5.51. The van der Waals surface area contributed by atoms with Gasteiger partial charge in [-0.05, 0) is 44.9 Å². The number of hydrogen-bond acceptors (Lipinski definition) is 4. The average Bonchev–Trinajstić information content (AvgIpc) is 3.04. The maximum Gasteiger partial charge on any atom is 0.151 e. The summed E-state index contributed by atoms with van der Waals surface area (Å²) < 4.78 is 5.51. The zero-order valence-corrected chi connectivity index (χ0v) is 13.3. The van der Waals surface area contributed by atoms with Gasteiger partial charge in [0.25, 0.3) is 0 Å². The molecule has 3 rings (SSSR count). The molecule has 0 unspecified atom stereocenters. The SMILES string of the molecule is CCNCC1CCN(Cc2cc(-c3ccccc3)no2)CC1. The van der Waals surface area contributed by atoms with Gasteiger partial charge in [-0.2, -0.15) is 0 Å². The van der Waals surface area contributed by atoms with Crippen LogP contribution in [0.25, 0.3) is 11.3 Å². The van der Waals surface area contributed by atoms with Crippen LogP contribution >= 0.6 is 0 Å². The molecule has 118 valence electrons. The minimum atomic E-state index is 0.825. The third-order valence-electron chi connectivity index (χ3n) is 4.40. The molecule has 22 heavy (non-hydrogen) atoms. The van der Waals surface area contributed by atoms with Gasteiger partial charge in [-0.1, -0.05) is 42.4 Å². The molecule has 0 amide bonds. The first-order valence-electron chi connectivity index (χ1n) is 8.29. The van der Waals surface area contributed by atoms with E-state index in [2.05, 4.69) is 40.5 Å². The molecule has 0 spiro atoms. The van der Waals surface area contributed by atoms with Crippen molar-refractivity contribution in [3.8, 4) is 11.3 Å². The van der Waals surface area contributed by atoms with Crippen molar-refractivity contribution in [3.05, 3.63) is 42.2 Å². The van der Waals surface area contributed by atoms with Gasteiger partial charge in [0.2, 0.25) is 0 Å². The predicted molar refractivity (Wildman–Crippen MR) is 88.5 cm³/mol. The summed E-state index contributed by atoms with van der Waals surface area (Å²) in [5.41, 5.74) is 2.04. The van der Waals surface area contributed by atoms with Crippen LogP contribution in [0.5, 0.6) is 0 Å². The molecule has 0 saturated carbocycles. The van der Waals surface area contributed by atoms with Crippen LogP contribution < -0.4 is 5.32 Å². The lowest BCUT2D eigenvalue weighted by Gasteiger charge is -2.31. The topological polar surface area (TPSA) is 41.3 Å². The molecule has 1 N–H and O–H groups in total. The van der Waals surface area contributed by atoms with Crippen LogP contribution in [0.2, 0.25) is 0 Å². The number of likely N-dealkylation sites (tertiary alicyclic amines) is 1. The summed E-state index contributed by atoms with van der Waals surface area (Å²) in [4.78, 5) is 2.47. The van der Waals surface area contributed by atoms with Crippen molar-refractivity contribution in [2.45, 2.75) is 26.3 Å². The van der Waals surface area contributed by atoms with Gasteiger partial charge in [0.15, 0.2) is 5.76 Å². The Balaban J connectivity index is 1.51. The fraction of sp³-hybridized carbons (Fsp3) is 0.500. The zero-order chi connectivity index (χ0) is 15.2. The number of aromatic nitrogens is 1. The van der Waals surface area contributed by atoms with Crippen molar-refractivity contribution < 1.29 is 4.52 Å². The first kappa shape index (κ1) is 15.3. The summed E-state index contributed by atoms with van der Waals surface area (Å²) in [5, 5.41) is 7.65. The highest BCUT2D eigenvalue weighted by Gasteiger charge is 2.20. The Labute approximate surface area is 132 Å². The van der Waals surface area contributed by atoms with Crippen LogP contribution in [0.4, 0.5) is 0 Å². The quantitative estimate of drug-likeness (QED) is 0.889. The number of rotatable bonds is 6. The van der Waals surface area contributed by atoms with E-state index < -0.39 is 0 Å². The molecular formula is C18H25N3O. The zero-order valence-electron chi connectivity index (χ0n) is 13.3. The molecule has 0 atom stereocenters. The second kappa shape index (κ2) is 7.56. The molecule has 0 radical (unpaired) electrons. The molecule has 1 aromatic carbocycles. The van der Waals surface area contributed by atoms with Gasteiger partial charge in [-0.3, -0.25) is 4.90 Å². The van der Waals surface area contributed by atoms with Crippen LogP contribution in [-0.2, 0) is 6.54 Å². The second-order valence-corrected chi connectivity index (χ2v) is 6.07. The van der Waals surface area contributed by atoms with Gasteiger partial charge >= 0.3 is 0 Å². The highest BCUT2D eigenvalue weighted by atomic mass is 16.5. The third-order valence-corrected chi connectivity index (χ3v) is 4.40. The standard InChI is InChI=1S/C18H25N3O/c1-2-19-13-15-8-10-21(11-9-15)14-17-12-18(20-22-17)16-6-4-3-5-7-16/h3-7,12,15,19H,2,8-11,13-14H2,1H3. The smallest absolute Gasteiger partial charge is 0.151 e. The molecule has 2 heterocycles. The number of hydrogen-bond donors (Lipinski definition) is 1. The average molecular weight is 299 g/mol.